The van der Waals surface area contributed by atoms with E-state index in [0.29, 0.717) is 51.0 Å². The van der Waals surface area contributed by atoms with Crippen molar-refractivity contribution in [2.24, 2.45) is 4.99 Å². The van der Waals surface area contributed by atoms with Gasteiger partial charge in [0.25, 0.3) is 0 Å². The number of ether oxygens (including phenoxy) is 5. The van der Waals surface area contributed by atoms with Gasteiger partial charge in [-0.05, 0) is 12.1 Å². The molecular weight excluding hydrogens is 346 g/mol. The second-order valence-corrected chi connectivity index (χ2v) is 5.34. The third-order valence-corrected chi connectivity index (χ3v) is 3.44. The predicted molar refractivity (Wildman–Crippen MR) is 91.0 cm³/mol. The van der Waals surface area contributed by atoms with Crippen molar-refractivity contribution in [3.63, 3.8) is 0 Å². The second-order valence-electron chi connectivity index (χ2n) is 5.34. The van der Waals surface area contributed by atoms with Crippen LogP contribution >= 0.6 is 0 Å². The molecule has 0 radical (unpaired) electrons. The Morgan fingerprint density at radius 2 is 1.88 bits per heavy atom. The van der Waals surface area contributed by atoms with E-state index in [-0.39, 0.29) is 18.3 Å². The average Bonchev–Trinajstić information content (AvgIpc) is 3.10. The highest BCUT2D eigenvalue weighted by Crippen LogP contribution is 2.26. The van der Waals surface area contributed by atoms with E-state index in [1.54, 1.807) is 19.2 Å². The first-order valence-corrected chi connectivity index (χ1v) is 8.16. The number of benzene rings is 1. The van der Waals surface area contributed by atoms with Gasteiger partial charge in [0.2, 0.25) is 5.90 Å². The number of hydrogen-bond donors (Lipinski definition) is 2. The molecule has 1 heterocycles. The van der Waals surface area contributed by atoms with Crippen molar-refractivity contribution in [2.45, 2.75) is 6.04 Å². The molecule has 26 heavy (non-hydrogen) atoms. The molecule has 1 atom stereocenters. The van der Waals surface area contributed by atoms with Crippen molar-refractivity contribution in [2.75, 3.05) is 53.4 Å². The quantitative estimate of drug-likeness (QED) is 0.517. The van der Waals surface area contributed by atoms with Gasteiger partial charge < -0.3 is 33.9 Å². The van der Waals surface area contributed by atoms with Crippen molar-refractivity contribution in [1.29, 1.82) is 0 Å². The van der Waals surface area contributed by atoms with Crippen molar-refractivity contribution < 1.29 is 38.7 Å². The Bertz CT molecular complexity index is 619. The molecule has 9 heteroatoms. The maximum absolute atomic E-state index is 10.9. The van der Waals surface area contributed by atoms with Crippen molar-refractivity contribution >= 4 is 11.9 Å². The Morgan fingerprint density at radius 3 is 2.50 bits per heavy atom. The van der Waals surface area contributed by atoms with Crippen LogP contribution in [0.25, 0.3) is 0 Å². The molecule has 0 unspecified atom stereocenters. The van der Waals surface area contributed by atoms with Gasteiger partial charge >= 0.3 is 5.97 Å². The summed E-state index contributed by atoms with van der Waals surface area (Å²) >= 11 is 0. The number of phenolic OH excluding ortho intramolecular Hbond substituents is 1. The van der Waals surface area contributed by atoms with Crippen LogP contribution in [-0.2, 0) is 23.7 Å². The number of rotatable bonds is 12. The standard InChI is InChI=1S/C17H23NO8/c1-22-4-5-23-6-7-24-8-9-25-12-2-3-13(15(19)10-12)16-18-14(11-26-16)17(20)21/h2-3,10,14,19H,4-9,11H2,1H3,(H,20,21)/t14-/m1/s1. The van der Waals surface area contributed by atoms with Gasteiger partial charge in [-0.25, -0.2) is 9.79 Å². The molecule has 0 bridgehead atoms. The zero-order chi connectivity index (χ0) is 18.8. The highest BCUT2D eigenvalue weighted by molar-refractivity contribution is 5.99. The Hall–Kier alpha value is -2.36. The average molecular weight is 369 g/mol. The molecule has 144 valence electrons. The molecule has 0 saturated heterocycles. The molecule has 0 amide bonds. The van der Waals surface area contributed by atoms with Crippen LogP contribution in [0.4, 0.5) is 0 Å². The summed E-state index contributed by atoms with van der Waals surface area (Å²) in [6, 6.07) is 3.68. The minimum Gasteiger partial charge on any atom is -0.507 e. The number of aliphatic imine (C=N–C) groups is 1. The third kappa shape index (κ3) is 6.17. The van der Waals surface area contributed by atoms with Gasteiger partial charge in [-0.2, -0.15) is 0 Å². The maximum Gasteiger partial charge on any atom is 0.332 e. The summed E-state index contributed by atoms with van der Waals surface area (Å²) in [5.74, 6) is -0.596. The zero-order valence-electron chi connectivity index (χ0n) is 14.6. The highest BCUT2D eigenvalue weighted by atomic mass is 16.6. The van der Waals surface area contributed by atoms with Gasteiger partial charge in [0, 0.05) is 13.2 Å². The van der Waals surface area contributed by atoms with Crippen molar-refractivity contribution in [3.8, 4) is 11.5 Å². The molecule has 9 nitrogen and oxygen atoms in total. The number of carboxylic acid groups (broad SMARTS) is 1. The van der Waals surface area contributed by atoms with Crippen LogP contribution in [0.2, 0.25) is 0 Å². The maximum atomic E-state index is 10.9. The Labute approximate surface area is 151 Å². The van der Waals surface area contributed by atoms with Gasteiger partial charge in [0.05, 0.1) is 38.6 Å². The van der Waals surface area contributed by atoms with E-state index in [4.69, 9.17) is 28.8 Å². The fourth-order valence-electron chi connectivity index (χ4n) is 2.11. The molecule has 1 aliphatic heterocycles. The molecule has 0 saturated carbocycles. The van der Waals surface area contributed by atoms with E-state index in [2.05, 4.69) is 4.99 Å². The lowest BCUT2D eigenvalue weighted by Crippen LogP contribution is -2.18. The fraction of sp³-hybridized carbons (Fsp3) is 0.529. The van der Waals surface area contributed by atoms with Crippen LogP contribution in [-0.4, -0.2) is 81.5 Å². The first-order chi connectivity index (χ1) is 12.6. The van der Waals surface area contributed by atoms with Gasteiger partial charge in [-0.15, -0.1) is 0 Å². The Balaban J connectivity index is 1.71. The van der Waals surface area contributed by atoms with Crippen LogP contribution in [0.1, 0.15) is 5.56 Å². The number of nitrogens with zero attached hydrogens (tertiary/aromatic N) is 1. The monoisotopic (exact) mass is 369 g/mol. The lowest BCUT2D eigenvalue weighted by atomic mass is 10.2. The van der Waals surface area contributed by atoms with E-state index in [1.807, 2.05) is 0 Å². The van der Waals surface area contributed by atoms with E-state index in [9.17, 15) is 9.90 Å². The minimum absolute atomic E-state index is 0.0467. The second kappa shape index (κ2) is 10.6. The van der Waals surface area contributed by atoms with E-state index in [1.165, 1.54) is 6.07 Å². The van der Waals surface area contributed by atoms with Crippen LogP contribution in [0.5, 0.6) is 11.5 Å². The number of methoxy groups -OCH3 is 1. The molecule has 0 aliphatic carbocycles. The summed E-state index contributed by atoms with van der Waals surface area (Å²) < 4.78 is 26.2. The summed E-state index contributed by atoms with van der Waals surface area (Å²) in [5.41, 5.74) is 0.325. The first kappa shape index (κ1) is 20.0. The molecule has 1 aliphatic rings. The van der Waals surface area contributed by atoms with E-state index in [0.717, 1.165) is 0 Å². The molecular formula is C17H23NO8. The highest BCUT2D eigenvalue weighted by Gasteiger charge is 2.27. The van der Waals surface area contributed by atoms with E-state index >= 15 is 0 Å². The lowest BCUT2D eigenvalue weighted by molar-refractivity contribution is -0.138. The number of carboxylic acids is 1. The van der Waals surface area contributed by atoms with Gasteiger partial charge in [0.15, 0.2) is 6.04 Å². The van der Waals surface area contributed by atoms with Crippen molar-refractivity contribution in [3.05, 3.63) is 23.8 Å². The molecule has 2 rings (SSSR count). The van der Waals surface area contributed by atoms with Crippen LogP contribution in [0.15, 0.2) is 23.2 Å². The molecule has 0 spiro atoms. The van der Waals surface area contributed by atoms with Gasteiger partial charge in [0.1, 0.15) is 24.7 Å². The summed E-state index contributed by atoms with van der Waals surface area (Å²) in [6.45, 7) is 2.68. The SMILES string of the molecule is COCCOCCOCCOc1ccc(C2=N[C@@H](C(=O)O)CO2)c(O)c1. The summed E-state index contributed by atoms with van der Waals surface area (Å²) in [4.78, 5) is 14.8. The summed E-state index contributed by atoms with van der Waals surface area (Å²) in [7, 11) is 1.61. The van der Waals surface area contributed by atoms with Gasteiger partial charge in [-0.1, -0.05) is 0 Å². The summed E-state index contributed by atoms with van der Waals surface area (Å²) in [6.07, 6.45) is 0. The topological polar surface area (TPSA) is 116 Å². The number of phenols is 1. The lowest BCUT2D eigenvalue weighted by Gasteiger charge is -2.10. The van der Waals surface area contributed by atoms with Crippen LogP contribution < -0.4 is 4.74 Å². The number of carbonyl (C=O) groups is 1. The van der Waals surface area contributed by atoms with Crippen LogP contribution in [0.3, 0.4) is 0 Å². The van der Waals surface area contributed by atoms with Crippen LogP contribution in [0, 0.1) is 0 Å². The van der Waals surface area contributed by atoms with E-state index < -0.39 is 12.0 Å². The normalized spacial score (nSPS) is 16.2. The Kier molecular flexibility index (Phi) is 8.13. The largest absolute Gasteiger partial charge is 0.507 e. The number of aliphatic carboxylic acids is 1. The molecule has 2 N–H and O–H groups in total. The first-order valence-electron chi connectivity index (χ1n) is 8.16. The fourth-order valence-corrected chi connectivity index (χ4v) is 2.11. The third-order valence-electron chi connectivity index (χ3n) is 3.44. The predicted octanol–water partition coefficient (Wildman–Crippen LogP) is 0.681. The number of hydrogen-bond acceptors (Lipinski definition) is 8. The van der Waals surface area contributed by atoms with Crippen molar-refractivity contribution in [1.82, 2.24) is 0 Å². The summed E-state index contributed by atoms with van der Waals surface area (Å²) in [5, 5.41) is 19.0. The minimum atomic E-state index is -1.07. The Morgan fingerprint density at radius 1 is 1.19 bits per heavy atom. The smallest absolute Gasteiger partial charge is 0.332 e. The molecule has 0 fully saturated rings. The zero-order valence-corrected chi connectivity index (χ0v) is 14.6. The molecule has 1 aromatic rings. The molecule has 1 aromatic carbocycles. The number of aromatic hydroxyl groups is 1. The molecule has 0 aromatic heterocycles. The van der Waals surface area contributed by atoms with Gasteiger partial charge in [-0.3, -0.25) is 0 Å².